The molecule has 0 unspecified atom stereocenters. The molecule has 0 atom stereocenters. The van der Waals surface area contributed by atoms with Gasteiger partial charge in [0.15, 0.2) is 18.1 Å². The van der Waals surface area contributed by atoms with Crippen LogP contribution in [-0.2, 0) is 9.59 Å². The van der Waals surface area contributed by atoms with Gasteiger partial charge in [0.05, 0.1) is 7.11 Å². The summed E-state index contributed by atoms with van der Waals surface area (Å²) < 4.78 is 10.8. The highest BCUT2D eigenvalue weighted by Gasteiger charge is 2.28. The lowest BCUT2D eigenvalue weighted by molar-refractivity contribution is -0.134. The van der Waals surface area contributed by atoms with E-state index < -0.39 is 5.41 Å². The van der Waals surface area contributed by atoms with Crippen LogP contribution in [0.25, 0.3) is 0 Å². The summed E-state index contributed by atoms with van der Waals surface area (Å²) in [4.78, 5) is 26.2. The Morgan fingerprint density at radius 2 is 1.76 bits per heavy atom. The van der Waals surface area contributed by atoms with E-state index in [1.54, 1.807) is 24.1 Å². The number of para-hydroxylation sites is 2. The third kappa shape index (κ3) is 5.37. The monoisotopic (exact) mass is 348 g/mol. The first-order valence-electron chi connectivity index (χ1n) is 8.66. The quantitative estimate of drug-likeness (QED) is 0.886. The van der Waals surface area contributed by atoms with E-state index in [0.717, 1.165) is 12.8 Å². The lowest BCUT2D eigenvalue weighted by Gasteiger charge is -2.33. The van der Waals surface area contributed by atoms with Crippen molar-refractivity contribution in [2.45, 2.75) is 39.7 Å². The summed E-state index contributed by atoms with van der Waals surface area (Å²) in [6.07, 6.45) is 1.53. The standard InChI is InChI=1S/C19H28N2O4/c1-19(2,3)18(23)20-14-9-11-21(12-10-14)17(22)13-25-16-8-6-5-7-15(16)24-4/h5-8,14H,9-13H2,1-4H3,(H,20,23). The van der Waals surface area contributed by atoms with Crippen LogP contribution in [0.2, 0.25) is 0 Å². The largest absolute Gasteiger partial charge is 0.493 e. The molecule has 1 N–H and O–H groups in total. The lowest BCUT2D eigenvalue weighted by atomic mass is 9.94. The molecule has 1 heterocycles. The van der Waals surface area contributed by atoms with Gasteiger partial charge >= 0.3 is 0 Å². The summed E-state index contributed by atoms with van der Waals surface area (Å²) >= 11 is 0. The molecule has 1 aromatic rings. The van der Waals surface area contributed by atoms with E-state index in [2.05, 4.69) is 5.32 Å². The topological polar surface area (TPSA) is 67.9 Å². The molecule has 6 heteroatoms. The molecule has 6 nitrogen and oxygen atoms in total. The molecule has 0 aliphatic carbocycles. The molecule has 1 fully saturated rings. The number of nitrogens with one attached hydrogen (secondary N) is 1. The highest BCUT2D eigenvalue weighted by molar-refractivity contribution is 5.81. The van der Waals surface area contributed by atoms with Gasteiger partial charge < -0.3 is 19.7 Å². The Morgan fingerprint density at radius 3 is 2.32 bits per heavy atom. The summed E-state index contributed by atoms with van der Waals surface area (Å²) in [6, 6.07) is 7.39. The van der Waals surface area contributed by atoms with Crippen LogP contribution in [0, 0.1) is 5.41 Å². The van der Waals surface area contributed by atoms with Crippen LogP contribution >= 0.6 is 0 Å². The third-order valence-electron chi connectivity index (χ3n) is 4.28. The lowest BCUT2D eigenvalue weighted by Crippen LogP contribution is -2.49. The number of hydrogen-bond acceptors (Lipinski definition) is 4. The highest BCUT2D eigenvalue weighted by atomic mass is 16.5. The highest BCUT2D eigenvalue weighted by Crippen LogP contribution is 2.25. The van der Waals surface area contributed by atoms with Gasteiger partial charge in [-0.05, 0) is 25.0 Å². The van der Waals surface area contributed by atoms with Gasteiger partial charge in [0.1, 0.15) is 0 Å². The van der Waals surface area contributed by atoms with Crippen molar-refractivity contribution in [1.82, 2.24) is 10.2 Å². The Hall–Kier alpha value is -2.24. The van der Waals surface area contributed by atoms with Crippen LogP contribution in [-0.4, -0.2) is 49.6 Å². The second kappa shape index (κ2) is 8.23. The number of benzene rings is 1. The molecule has 1 aromatic carbocycles. The van der Waals surface area contributed by atoms with Crippen molar-refractivity contribution in [3.05, 3.63) is 24.3 Å². The maximum Gasteiger partial charge on any atom is 0.260 e. The minimum Gasteiger partial charge on any atom is -0.493 e. The van der Waals surface area contributed by atoms with Crippen LogP contribution in [0.3, 0.4) is 0 Å². The van der Waals surface area contributed by atoms with Crippen LogP contribution in [0.4, 0.5) is 0 Å². The second-order valence-corrected chi connectivity index (χ2v) is 7.32. The molecule has 2 rings (SSSR count). The third-order valence-corrected chi connectivity index (χ3v) is 4.28. The molecule has 0 radical (unpaired) electrons. The average molecular weight is 348 g/mol. The zero-order valence-corrected chi connectivity index (χ0v) is 15.5. The van der Waals surface area contributed by atoms with Crippen LogP contribution in [0.5, 0.6) is 11.5 Å². The summed E-state index contributed by atoms with van der Waals surface area (Å²) in [5, 5.41) is 3.07. The number of hydrogen-bond donors (Lipinski definition) is 1. The maximum absolute atomic E-state index is 12.3. The fraction of sp³-hybridized carbons (Fsp3) is 0.579. The fourth-order valence-corrected chi connectivity index (χ4v) is 2.64. The van der Waals surface area contributed by atoms with Crippen molar-refractivity contribution in [1.29, 1.82) is 0 Å². The van der Waals surface area contributed by atoms with Gasteiger partial charge in [-0.3, -0.25) is 9.59 Å². The minimum atomic E-state index is -0.393. The summed E-state index contributed by atoms with van der Waals surface area (Å²) in [5.74, 6) is 1.17. The van der Waals surface area contributed by atoms with Gasteiger partial charge in [0.25, 0.3) is 5.91 Å². The predicted octanol–water partition coefficient (Wildman–Crippen LogP) is 2.23. The number of ether oxygens (including phenoxy) is 2. The molecule has 0 bridgehead atoms. The molecular formula is C19H28N2O4. The first-order valence-corrected chi connectivity index (χ1v) is 8.66. The van der Waals surface area contributed by atoms with Crippen molar-refractivity contribution >= 4 is 11.8 Å². The summed E-state index contributed by atoms with van der Waals surface area (Å²) in [5.41, 5.74) is -0.393. The van der Waals surface area contributed by atoms with Crippen LogP contribution < -0.4 is 14.8 Å². The number of nitrogens with zero attached hydrogens (tertiary/aromatic N) is 1. The minimum absolute atomic E-state index is 0.0145. The van der Waals surface area contributed by atoms with E-state index in [9.17, 15) is 9.59 Å². The number of carbonyl (C=O) groups is 2. The molecule has 138 valence electrons. The zero-order valence-electron chi connectivity index (χ0n) is 15.5. The number of amides is 2. The number of rotatable bonds is 5. The van der Waals surface area contributed by atoms with Gasteiger partial charge in [-0.15, -0.1) is 0 Å². The fourth-order valence-electron chi connectivity index (χ4n) is 2.64. The van der Waals surface area contributed by atoms with Gasteiger partial charge in [0, 0.05) is 24.5 Å². The molecule has 0 saturated carbocycles. The van der Waals surface area contributed by atoms with Gasteiger partial charge in [-0.2, -0.15) is 0 Å². The average Bonchev–Trinajstić information content (AvgIpc) is 2.59. The van der Waals surface area contributed by atoms with E-state index in [4.69, 9.17) is 9.47 Å². The van der Waals surface area contributed by atoms with Crippen molar-refractivity contribution in [2.75, 3.05) is 26.8 Å². The Morgan fingerprint density at radius 1 is 1.16 bits per heavy atom. The van der Waals surface area contributed by atoms with Crippen molar-refractivity contribution < 1.29 is 19.1 Å². The van der Waals surface area contributed by atoms with Crippen molar-refractivity contribution in [3.8, 4) is 11.5 Å². The Kier molecular flexibility index (Phi) is 6.28. The molecular weight excluding hydrogens is 320 g/mol. The van der Waals surface area contributed by atoms with Gasteiger partial charge in [0.2, 0.25) is 5.91 Å². The van der Waals surface area contributed by atoms with E-state index in [1.807, 2.05) is 32.9 Å². The molecule has 0 aromatic heterocycles. The van der Waals surface area contributed by atoms with E-state index in [0.29, 0.717) is 24.6 Å². The molecule has 2 amide bonds. The smallest absolute Gasteiger partial charge is 0.260 e. The van der Waals surface area contributed by atoms with E-state index >= 15 is 0 Å². The molecule has 0 spiro atoms. The zero-order chi connectivity index (χ0) is 18.4. The van der Waals surface area contributed by atoms with Crippen molar-refractivity contribution in [3.63, 3.8) is 0 Å². The Bertz CT molecular complexity index is 602. The van der Waals surface area contributed by atoms with Crippen LogP contribution in [0.1, 0.15) is 33.6 Å². The SMILES string of the molecule is COc1ccccc1OCC(=O)N1CCC(NC(=O)C(C)(C)C)CC1. The maximum atomic E-state index is 12.3. The van der Waals surface area contributed by atoms with Crippen molar-refractivity contribution in [2.24, 2.45) is 5.41 Å². The Balaban J connectivity index is 1.78. The number of likely N-dealkylation sites (tertiary alicyclic amines) is 1. The Labute approximate surface area is 149 Å². The molecule has 25 heavy (non-hydrogen) atoms. The van der Waals surface area contributed by atoms with Crippen LogP contribution in [0.15, 0.2) is 24.3 Å². The van der Waals surface area contributed by atoms with E-state index in [-0.39, 0.29) is 24.5 Å². The number of carbonyl (C=O) groups excluding carboxylic acids is 2. The first-order chi connectivity index (χ1) is 11.8. The first kappa shape index (κ1) is 19.1. The second-order valence-electron chi connectivity index (χ2n) is 7.32. The summed E-state index contributed by atoms with van der Waals surface area (Å²) in [7, 11) is 1.57. The normalized spacial score (nSPS) is 15.6. The predicted molar refractivity (Wildman–Crippen MR) is 95.7 cm³/mol. The van der Waals surface area contributed by atoms with E-state index in [1.165, 1.54) is 0 Å². The summed E-state index contributed by atoms with van der Waals surface area (Å²) in [6.45, 7) is 6.94. The molecule has 1 aliphatic rings. The number of piperidine rings is 1. The van der Waals surface area contributed by atoms with Gasteiger partial charge in [-0.1, -0.05) is 32.9 Å². The number of methoxy groups -OCH3 is 1. The molecule has 1 aliphatic heterocycles. The van der Waals surface area contributed by atoms with Gasteiger partial charge in [-0.25, -0.2) is 0 Å². The molecule has 1 saturated heterocycles.